The summed E-state index contributed by atoms with van der Waals surface area (Å²) in [7, 11) is 0. The minimum atomic E-state index is 0.0530. The minimum Gasteiger partial charge on any atom is -0.289 e. The molecule has 0 atom stereocenters. The maximum atomic E-state index is 12.4. The third-order valence-electron chi connectivity index (χ3n) is 2.91. The number of hydrogen-bond donors (Lipinski definition) is 0. The average molecular weight is 241 g/mol. The van der Waals surface area contributed by atoms with Crippen LogP contribution in [0, 0.1) is 0 Å². The number of rotatable bonds is 0. The minimum absolute atomic E-state index is 0.0530. The van der Waals surface area contributed by atoms with Gasteiger partial charge in [0.05, 0.1) is 0 Å². The van der Waals surface area contributed by atoms with E-state index < -0.39 is 0 Å². The van der Waals surface area contributed by atoms with Gasteiger partial charge in [0, 0.05) is 15.8 Å². The third-order valence-corrected chi connectivity index (χ3v) is 3.14. The Balaban J connectivity index is 2.63. The first-order valence-electron chi connectivity index (χ1n) is 5.37. The Kier molecular flexibility index (Phi) is 2.34. The van der Waals surface area contributed by atoms with E-state index in [4.69, 9.17) is 11.6 Å². The highest BCUT2D eigenvalue weighted by Gasteiger charge is 2.01. The van der Waals surface area contributed by atoms with E-state index >= 15 is 0 Å². The summed E-state index contributed by atoms with van der Waals surface area (Å²) in [6.07, 6.45) is 0. The van der Waals surface area contributed by atoms with E-state index in [1.54, 1.807) is 12.1 Å². The first-order valence-corrected chi connectivity index (χ1v) is 5.75. The Hall–Kier alpha value is -1.86. The van der Waals surface area contributed by atoms with Crippen molar-refractivity contribution in [3.63, 3.8) is 0 Å². The van der Waals surface area contributed by atoms with Crippen molar-refractivity contribution in [2.45, 2.75) is 0 Å². The largest absolute Gasteiger partial charge is 0.289 e. The standard InChI is InChI=1S/C15H9ClO/c16-12-7-8-14-11(9-12)6-5-10-3-1-2-4-13(10)15(14)17/h1-9H. The zero-order valence-electron chi connectivity index (χ0n) is 8.98. The summed E-state index contributed by atoms with van der Waals surface area (Å²) in [5.41, 5.74) is 0.0530. The Labute approximate surface area is 103 Å². The molecule has 0 aliphatic rings. The van der Waals surface area contributed by atoms with E-state index in [9.17, 15) is 4.79 Å². The summed E-state index contributed by atoms with van der Waals surface area (Å²) in [6, 6.07) is 16.8. The van der Waals surface area contributed by atoms with Gasteiger partial charge in [-0.05, 0) is 29.0 Å². The molecule has 0 fully saturated rings. The van der Waals surface area contributed by atoms with Crippen LogP contribution in [-0.2, 0) is 0 Å². The Morgan fingerprint density at radius 3 is 2.35 bits per heavy atom. The first kappa shape index (κ1) is 10.3. The molecule has 0 saturated heterocycles. The normalized spacial score (nSPS) is 10.9. The van der Waals surface area contributed by atoms with Crippen LogP contribution in [0.3, 0.4) is 0 Å². The van der Waals surface area contributed by atoms with Gasteiger partial charge in [0.1, 0.15) is 0 Å². The quantitative estimate of drug-likeness (QED) is 0.580. The van der Waals surface area contributed by atoms with Gasteiger partial charge < -0.3 is 0 Å². The molecular formula is C15H9ClO. The molecule has 0 bridgehead atoms. The zero-order chi connectivity index (χ0) is 11.8. The van der Waals surface area contributed by atoms with Gasteiger partial charge in [0.15, 0.2) is 5.43 Å². The first-order chi connectivity index (χ1) is 8.25. The van der Waals surface area contributed by atoms with Crippen molar-refractivity contribution in [3.8, 4) is 0 Å². The van der Waals surface area contributed by atoms with E-state index in [-0.39, 0.29) is 5.43 Å². The lowest BCUT2D eigenvalue weighted by molar-refractivity contribution is 1.74. The molecule has 82 valence electrons. The summed E-state index contributed by atoms with van der Waals surface area (Å²) in [4.78, 5) is 12.4. The lowest BCUT2D eigenvalue weighted by Gasteiger charge is -1.92. The summed E-state index contributed by atoms with van der Waals surface area (Å²) >= 11 is 5.94. The maximum Gasteiger partial charge on any atom is 0.194 e. The SMILES string of the molecule is O=c1c2ccccc2ccc2cc(Cl)ccc12. The molecule has 0 amide bonds. The van der Waals surface area contributed by atoms with Gasteiger partial charge in [-0.15, -0.1) is 0 Å². The molecule has 0 aliphatic carbocycles. The molecule has 0 aromatic heterocycles. The van der Waals surface area contributed by atoms with Crippen molar-refractivity contribution < 1.29 is 0 Å². The lowest BCUT2D eigenvalue weighted by Crippen LogP contribution is -1.97. The molecule has 0 aliphatic heterocycles. The number of hydrogen-bond acceptors (Lipinski definition) is 1. The third kappa shape index (κ3) is 1.69. The molecule has 1 nitrogen and oxygen atoms in total. The summed E-state index contributed by atoms with van der Waals surface area (Å²) < 4.78 is 0. The van der Waals surface area contributed by atoms with E-state index in [2.05, 4.69) is 0 Å². The molecule has 0 saturated carbocycles. The fourth-order valence-corrected chi connectivity index (χ4v) is 2.23. The molecule has 0 spiro atoms. The lowest BCUT2D eigenvalue weighted by atomic mass is 10.1. The van der Waals surface area contributed by atoms with Crippen molar-refractivity contribution in [2.24, 2.45) is 0 Å². The van der Waals surface area contributed by atoms with Crippen LogP contribution in [0.15, 0.2) is 59.4 Å². The van der Waals surface area contributed by atoms with Gasteiger partial charge in [-0.3, -0.25) is 4.79 Å². The van der Waals surface area contributed by atoms with Crippen LogP contribution in [-0.4, -0.2) is 0 Å². The summed E-state index contributed by atoms with van der Waals surface area (Å²) in [5.74, 6) is 0. The van der Waals surface area contributed by atoms with Crippen LogP contribution in [0.25, 0.3) is 21.5 Å². The van der Waals surface area contributed by atoms with Gasteiger partial charge in [0.25, 0.3) is 0 Å². The van der Waals surface area contributed by atoms with Crippen molar-refractivity contribution in [1.82, 2.24) is 0 Å². The molecule has 3 aromatic carbocycles. The monoisotopic (exact) mass is 240 g/mol. The summed E-state index contributed by atoms with van der Waals surface area (Å²) in [5, 5.41) is 3.91. The molecule has 2 heteroatoms. The zero-order valence-corrected chi connectivity index (χ0v) is 9.74. The second kappa shape index (κ2) is 3.86. The second-order valence-electron chi connectivity index (χ2n) is 3.98. The molecule has 0 radical (unpaired) electrons. The molecule has 17 heavy (non-hydrogen) atoms. The Bertz CT molecular complexity index is 778. The smallest absolute Gasteiger partial charge is 0.194 e. The van der Waals surface area contributed by atoms with Crippen LogP contribution in [0.2, 0.25) is 5.02 Å². The maximum absolute atomic E-state index is 12.4. The van der Waals surface area contributed by atoms with Crippen LogP contribution < -0.4 is 5.43 Å². The van der Waals surface area contributed by atoms with E-state index in [0.717, 1.165) is 16.2 Å². The van der Waals surface area contributed by atoms with E-state index in [1.165, 1.54) is 0 Å². The number of halogens is 1. The van der Waals surface area contributed by atoms with Gasteiger partial charge in [-0.2, -0.15) is 0 Å². The van der Waals surface area contributed by atoms with Gasteiger partial charge in [-0.1, -0.05) is 48.0 Å². The predicted octanol–water partition coefficient (Wildman–Crippen LogP) is 4.01. The van der Waals surface area contributed by atoms with Crippen molar-refractivity contribution >= 4 is 33.1 Å². The Morgan fingerprint density at radius 2 is 1.47 bits per heavy atom. The van der Waals surface area contributed by atoms with E-state index in [0.29, 0.717) is 10.4 Å². The Morgan fingerprint density at radius 1 is 0.765 bits per heavy atom. The molecule has 0 heterocycles. The van der Waals surface area contributed by atoms with Crippen LogP contribution in [0.1, 0.15) is 0 Å². The fraction of sp³-hybridized carbons (Fsp3) is 0. The second-order valence-corrected chi connectivity index (χ2v) is 4.42. The molecular weight excluding hydrogens is 232 g/mol. The van der Waals surface area contributed by atoms with Crippen LogP contribution >= 0.6 is 11.6 Å². The van der Waals surface area contributed by atoms with Gasteiger partial charge in [-0.25, -0.2) is 0 Å². The van der Waals surface area contributed by atoms with Crippen LogP contribution in [0.4, 0.5) is 0 Å². The number of fused-ring (bicyclic) bond motifs is 2. The van der Waals surface area contributed by atoms with Crippen LogP contribution in [0.5, 0.6) is 0 Å². The van der Waals surface area contributed by atoms with Crippen molar-refractivity contribution in [2.75, 3.05) is 0 Å². The number of benzene rings is 2. The summed E-state index contributed by atoms with van der Waals surface area (Å²) in [6.45, 7) is 0. The highest BCUT2D eigenvalue weighted by atomic mass is 35.5. The highest BCUT2D eigenvalue weighted by molar-refractivity contribution is 6.31. The molecule has 3 rings (SSSR count). The topological polar surface area (TPSA) is 17.1 Å². The predicted molar refractivity (Wildman–Crippen MR) is 72.7 cm³/mol. The molecule has 0 N–H and O–H groups in total. The van der Waals surface area contributed by atoms with Crippen molar-refractivity contribution in [3.05, 3.63) is 69.8 Å². The van der Waals surface area contributed by atoms with E-state index in [1.807, 2.05) is 42.5 Å². The molecule has 0 unspecified atom stereocenters. The fourth-order valence-electron chi connectivity index (χ4n) is 2.05. The highest BCUT2D eigenvalue weighted by Crippen LogP contribution is 2.18. The van der Waals surface area contributed by atoms with Gasteiger partial charge in [0.2, 0.25) is 0 Å². The molecule has 3 aromatic rings. The van der Waals surface area contributed by atoms with Gasteiger partial charge >= 0.3 is 0 Å². The van der Waals surface area contributed by atoms with Crippen molar-refractivity contribution in [1.29, 1.82) is 0 Å². The average Bonchev–Trinajstić information content (AvgIpc) is 2.48.